The lowest BCUT2D eigenvalue weighted by Gasteiger charge is -2.09. The van der Waals surface area contributed by atoms with Crippen molar-refractivity contribution in [1.82, 2.24) is 10.0 Å². The number of thiophene rings is 1. The number of nitrogens with one attached hydrogen (secondary N) is 2. The van der Waals surface area contributed by atoms with Crippen molar-refractivity contribution < 1.29 is 17.9 Å². The summed E-state index contributed by atoms with van der Waals surface area (Å²) in [5.41, 5.74) is 0.366. The Morgan fingerprint density at radius 1 is 1.07 bits per heavy atom. The number of rotatable bonds is 9. The van der Waals surface area contributed by atoms with E-state index in [1.54, 1.807) is 24.3 Å². The number of hydrogen-bond donors (Lipinski definition) is 2. The van der Waals surface area contributed by atoms with E-state index in [2.05, 4.69) is 10.0 Å². The average molecular weight is 451 g/mol. The van der Waals surface area contributed by atoms with E-state index in [1.807, 2.05) is 17.5 Å². The van der Waals surface area contributed by atoms with Gasteiger partial charge in [0.25, 0.3) is 5.91 Å². The summed E-state index contributed by atoms with van der Waals surface area (Å²) >= 11 is 7.36. The van der Waals surface area contributed by atoms with E-state index in [1.165, 1.54) is 35.6 Å². The molecule has 1 aromatic heterocycles. The van der Waals surface area contributed by atoms with E-state index < -0.39 is 10.0 Å². The molecule has 0 aliphatic rings. The first-order valence-electron chi connectivity index (χ1n) is 8.73. The highest BCUT2D eigenvalue weighted by Gasteiger charge is 2.15. The van der Waals surface area contributed by atoms with Gasteiger partial charge in [-0.1, -0.05) is 23.7 Å². The number of hydrogen-bond acceptors (Lipinski definition) is 5. The number of carbonyl (C=O) groups is 1. The highest BCUT2D eigenvalue weighted by Crippen LogP contribution is 2.17. The van der Waals surface area contributed by atoms with Crippen molar-refractivity contribution in [3.8, 4) is 5.75 Å². The predicted molar refractivity (Wildman–Crippen MR) is 114 cm³/mol. The van der Waals surface area contributed by atoms with Gasteiger partial charge in [-0.3, -0.25) is 4.79 Å². The van der Waals surface area contributed by atoms with Crippen molar-refractivity contribution in [2.24, 2.45) is 0 Å². The Kier molecular flexibility index (Phi) is 7.27. The topological polar surface area (TPSA) is 84.5 Å². The Morgan fingerprint density at radius 2 is 1.86 bits per heavy atom. The molecule has 9 heteroatoms. The molecule has 1 heterocycles. The third kappa shape index (κ3) is 6.30. The molecule has 3 aromatic rings. The van der Waals surface area contributed by atoms with Crippen molar-refractivity contribution in [2.45, 2.75) is 11.4 Å². The second-order valence-corrected chi connectivity index (χ2v) is 9.23. The summed E-state index contributed by atoms with van der Waals surface area (Å²) in [5.74, 6) is 0.312. The molecule has 0 fully saturated rings. The van der Waals surface area contributed by atoms with Gasteiger partial charge in [0.05, 0.1) is 11.4 Å². The Labute approximate surface area is 178 Å². The minimum absolute atomic E-state index is 0.106. The maximum Gasteiger partial charge on any atom is 0.251 e. The minimum atomic E-state index is -3.64. The number of carbonyl (C=O) groups excluding carboxylic acids is 1. The minimum Gasteiger partial charge on any atom is -0.492 e. The predicted octanol–water partition coefficient (Wildman–Crippen LogP) is 3.69. The molecular weight excluding hydrogens is 432 g/mol. The molecule has 2 aromatic carbocycles. The standard InChI is InChI=1S/C20H19ClN2O4S2/c21-16-3-1-4-17(13-16)27-11-10-22-20(24)15-6-8-19(9-7-15)29(25,26)23-14-18-5-2-12-28-18/h1-9,12-13,23H,10-11,14H2,(H,22,24). The highest BCUT2D eigenvalue weighted by atomic mass is 35.5. The molecule has 0 aliphatic heterocycles. The normalized spacial score (nSPS) is 11.2. The van der Waals surface area contributed by atoms with Gasteiger partial charge >= 0.3 is 0 Å². The van der Waals surface area contributed by atoms with Crippen LogP contribution in [0.4, 0.5) is 0 Å². The number of amides is 1. The zero-order valence-corrected chi connectivity index (χ0v) is 17.7. The molecule has 0 spiro atoms. The van der Waals surface area contributed by atoms with Gasteiger partial charge in [0.2, 0.25) is 10.0 Å². The molecule has 0 saturated heterocycles. The number of sulfonamides is 1. The summed E-state index contributed by atoms with van der Waals surface area (Å²) in [6, 6.07) is 16.5. The maximum atomic E-state index is 12.3. The van der Waals surface area contributed by atoms with Gasteiger partial charge in [-0.25, -0.2) is 13.1 Å². The monoisotopic (exact) mass is 450 g/mol. The van der Waals surface area contributed by atoms with Gasteiger partial charge in [0, 0.05) is 22.0 Å². The van der Waals surface area contributed by atoms with E-state index in [0.29, 0.717) is 22.9 Å². The molecule has 0 atom stereocenters. The fraction of sp³-hybridized carbons (Fsp3) is 0.150. The molecule has 6 nitrogen and oxygen atoms in total. The van der Waals surface area contributed by atoms with Crippen LogP contribution in [0.15, 0.2) is 70.9 Å². The first-order chi connectivity index (χ1) is 13.9. The van der Waals surface area contributed by atoms with E-state index in [4.69, 9.17) is 16.3 Å². The number of benzene rings is 2. The molecule has 0 aliphatic carbocycles. The van der Waals surface area contributed by atoms with Crippen LogP contribution in [-0.2, 0) is 16.6 Å². The lowest BCUT2D eigenvalue weighted by atomic mass is 10.2. The molecule has 0 bridgehead atoms. The maximum absolute atomic E-state index is 12.3. The highest BCUT2D eigenvalue weighted by molar-refractivity contribution is 7.89. The SMILES string of the molecule is O=C(NCCOc1cccc(Cl)c1)c1ccc(S(=O)(=O)NCc2cccs2)cc1. The van der Waals surface area contributed by atoms with Crippen molar-refractivity contribution >= 4 is 38.9 Å². The van der Waals surface area contributed by atoms with Gasteiger partial charge < -0.3 is 10.1 Å². The van der Waals surface area contributed by atoms with Crippen LogP contribution in [0.1, 0.15) is 15.2 Å². The first kappa shape index (κ1) is 21.3. The molecular formula is C20H19ClN2O4S2. The lowest BCUT2D eigenvalue weighted by Crippen LogP contribution is -2.28. The van der Waals surface area contributed by atoms with Crippen LogP contribution in [0.2, 0.25) is 5.02 Å². The zero-order chi connectivity index (χ0) is 20.7. The third-order valence-electron chi connectivity index (χ3n) is 3.90. The fourth-order valence-electron chi connectivity index (χ4n) is 2.44. The molecule has 0 unspecified atom stereocenters. The summed E-state index contributed by atoms with van der Waals surface area (Å²) in [7, 11) is -3.64. The van der Waals surface area contributed by atoms with Crippen molar-refractivity contribution in [3.63, 3.8) is 0 Å². The summed E-state index contributed by atoms with van der Waals surface area (Å²) < 4.78 is 32.7. The Hall–Kier alpha value is -2.39. The van der Waals surface area contributed by atoms with Crippen LogP contribution in [0.25, 0.3) is 0 Å². The van der Waals surface area contributed by atoms with E-state index in [0.717, 1.165) is 4.88 Å². The molecule has 0 radical (unpaired) electrons. The van der Waals surface area contributed by atoms with Crippen LogP contribution >= 0.6 is 22.9 Å². The molecule has 3 rings (SSSR count). The van der Waals surface area contributed by atoms with E-state index in [-0.39, 0.29) is 24.0 Å². The van der Waals surface area contributed by atoms with Crippen molar-refractivity contribution in [1.29, 1.82) is 0 Å². The van der Waals surface area contributed by atoms with Crippen LogP contribution in [0, 0.1) is 0 Å². The smallest absolute Gasteiger partial charge is 0.251 e. The van der Waals surface area contributed by atoms with Crippen molar-refractivity contribution in [2.75, 3.05) is 13.2 Å². The van der Waals surface area contributed by atoms with Crippen molar-refractivity contribution in [3.05, 3.63) is 81.5 Å². The number of ether oxygens (including phenoxy) is 1. The molecule has 1 amide bonds. The molecule has 0 saturated carbocycles. The number of halogens is 1. The van der Waals surface area contributed by atoms with Crippen LogP contribution < -0.4 is 14.8 Å². The van der Waals surface area contributed by atoms with Gasteiger partial charge in [-0.15, -0.1) is 11.3 Å². The summed E-state index contributed by atoms with van der Waals surface area (Å²) in [6.45, 7) is 0.813. The lowest BCUT2D eigenvalue weighted by molar-refractivity contribution is 0.0947. The summed E-state index contributed by atoms with van der Waals surface area (Å²) in [4.78, 5) is 13.2. The van der Waals surface area contributed by atoms with Crippen LogP contribution in [0.3, 0.4) is 0 Å². The second-order valence-electron chi connectivity index (χ2n) is 5.99. The third-order valence-corrected chi connectivity index (χ3v) is 6.42. The van der Waals surface area contributed by atoms with Gasteiger partial charge in [-0.05, 0) is 53.9 Å². The Morgan fingerprint density at radius 3 is 2.55 bits per heavy atom. The zero-order valence-electron chi connectivity index (χ0n) is 15.3. The Balaban J connectivity index is 1.49. The van der Waals surface area contributed by atoms with Gasteiger partial charge in [0.1, 0.15) is 12.4 Å². The summed E-state index contributed by atoms with van der Waals surface area (Å²) in [5, 5.41) is 5.19. The van der Waals surface area contributed by atoms with Crippen LogP contribution in [0.5, 0.6) is 5.75 Å². The van der Waals surface area contributed by atoms with Gasteiger partial charge in [-0.2, -0.15) is 0 Å². The van der Waals surface area contributed by atoms with Gasteiger partial charge in [0.15, 0.2) is 0 Å². The molecule has 29 heavy (non-hydrogen) atoms. The van der Waals surface area contributed by atoms with Crippen LogP contribution in [-0.4, -0.2) is 27.5 Å². The first-order valence-corrected chi connectivity index (χ1v) is 11.5. The molecule has 152 valence electrons. The average Bonchev–Trinajstić information content (AvgIpc) is 3.24. The largest absolute Gasteiger partial charge is 0.492 e. The van der Waals surface area contributed by atoms with E-state index >= 15 is 0 Å². The van der Waals surface area contributed by atoms with E-state index in [9.17, 15) is 13.2 Å². The fourth-order valence-corrected chi connectivity index (χ4v) is 4.36. The Bertz CT molecular complexity index is 1050. The molecule has 2 N–H and O–H groups in total. The second kappa shape index (κ2) is 9.89. The summed E-state index contributed by atoms with van der Waals surface area (Å²) in [6.07, 6.45) is 0. The quantitative estimate of drug-likeness (QED) is 0.487.